The molecule has 1 N–H and O–H groups in total. The average molecular weight is 216 g/mol. The lowest BCUT2D eigenvalue weighted by atomic mass is 10.2. The van der Waals surface area contributed by atoms with E-state index in [2.05, 4.69) is 5.32 Å². The largest absolute Gasteiger partial charge is 0.351 e. The summed E-state index contributed by atoms with van der Waals surface area (Å²) in [6.45, 7) is 1.74. The maximum atomic E-state index is 13.1. The fourth-order valence-electron chi connectivity index (χ4n) is 0.965. The van der Waals surface area contributed by atoms with Gasteiger partial charge in [0.2, 0.25) is 5.91 Å². The van der Waals surface area contributed by atoms with Crippen molar-refractivity contribution in [2.75, 3.05) is 0 Å². The molecule has 1 unspecified atom stereocenters. The van der Waals surface area contributed by atoms with Crippen LogP contribution in [0.4, 0.5) is 4.39 Å². The van der Waals surface area contributed by atoms with E-state index in [0.29, 0.717) is 5.56 Å². The van der Waals surface area contributed by atoms with Crippen molar-refractivity contribution in [2.45, 2.75) is 18.8 Å². The fraction of sp³-hybridized carbons (Fsp3) is 0.300. The van der Waals surface area contributed by atoms with Crippen LogP contribution in [0.25, 0.3) is 0 Å². The zero-order chi connectivity index (χ0) is 10.6. The van der Waals surface area contributed by atoms with Gasteiger partial charge in [-0.2, -0.15) is 0 Å². The molecular weight excluding hydrogens is 205 g/mol. The van der Waals surface area contributed by atoms with E-state index in [1.165, 1.54) is 6.07 Å². The molecule has 0 spiro atoms. The van der Waals surface area contributed by atoms with Crippen LogP contribution < -0.4 is 5.32 Å². The number of carbonyl (C=O) groups is 1. The van der Waals surface area contributed by atoms with Gasteiger partial charge in [0.1, 0.15) is 11.2 Å². The second-order valence-electron chi connectivity index (χ2n) is 2.93. The first kappa shape index (κ1) is 11.0. The molecule has 0 fully saturated rings. The van der Waals surface area contributed by atoms with Gasteiger partial charge in [-0.3, -0.25) is 4.79 Å². The lowest BCUT2D eigenvalue weighted by Gasteiger charge is -2.06. The number of hydrogen-bond acceptors (Lipinski definition) is 1. The molecule has 0 aliphatic carbocycles. The number of amides is 1. The highest BCUT2D eigenvalue weighted by molar-refractivity contribution is 6.30. The summed E-state index contributed by atoms with van der Waals surface area (Å²) in [6.07, 6.45) is 0. The number of carbonyl (C=O) groups excluding carboxylic acids is 1. The molecule has 0 aliphatic rings. The SMILES string of the molecule is CC(Cl)C(=O)NCc1ccccc1F. The van der Waals surface area contributed by atoms with Gasteiger partial charge in [-0.1, -0.05) is 18.2 Å². The van der Waals surface area contributed by atoms with Crippen molar-refractivity contribution < 1.29 is 9.18 Å². The standard InChI is InChI=1S/C10H11ClFNO/c1-7(11)10(14)13-6-8-4-2-3-5-9(8)12/h2-5,7H,6H2,1H3,(H,13,14). The quantitative estimate of drug-likeness (QED) is 0.769. The molecule has 0 heterocycles. The molecule has 1 aromatic rings. The number of halogens is 2. The first-order valence-corrected chi connectivity index (χ1v) is 4.70. The Balaban J connectivity index is 2.54. The Labute approximate surface area is 87.1 Å². The molecule has 1 aromatic carbocycles. The smallest absolute Gasteiger partial charge is 0.238 e. The van der Waals surface area contributed by atoms with Crippen molar-refractivity contribution in [3.63, 3.8) is 0 Å². The van der Waals surface area contributed by atoms with E-state index in [9.17, 15) is 9.18 Å². The summed E-state index contributed by atoms with van der Waals surface area (Å²) in [7, 11) is 0. The molecule has 0 saturated heterocycles. The van der Waals surface area contributed by atoms with Gasteiger partial charge in [0.15, 0.2) is 0 Å². The summed E-state index contributed by atoms with van der Waals surface area (Å²) in [5.74, 6) is -0.620. The molecule has 0 aliphatic heterocycles. The van der Waals surface area contributed by atoms with Crippen LogP contribution in [0.1, 0.15) is 12.5 Å². The predicted molar refractivity (Wildman–Crippen MR) is 53.6 cm³/mol. The van der Waals surface area contributed by atoms with E-state index in [0.717, 1.165) is 0 Å². The van der Waals surface area contributed by atoms with Gasteiger partial charge in [0.25, 0.3) is 0 Å². The van der Waals surface area contributed by atoms with Crippen LogP contribution in [-0.2, 0) is 11.3 Å². The lowest BCUT2D eigenvalue weighted by Crippen LogP contribution is -2.29. The van der Waals surface area contributed by atoms with Crippen molar-refractivity contribution in [1.82, 2.24) is 5.32 Å². The summed E-state index contributed by atoms with van der Waals surface area (Å²) in [6, 6.07) is 6.29. The van der Waals surface area contributed by atoms with Crippen molar-refractivity contribution in [3.05, 3.63) is 35.6 Å². The molecule has 1 atom stereocenters. The van der Waals surface area contributed by atoms with Gasteiger partial charge in [-0.05, 0) is 13.0 Å². The lowest BCUT2D eigenvalue weighted by molar-refractivity contribution is -0.120. The summed E-state index contributed by atoms with van der Waals surface area (Å²) in [5.41, 5.74) is 0.457. The number of hydrogen-bond donors (Lipinski definition) is 1. The van der Waals surface area contributed by atoms with Crippen LogP contribution in [0.2, 0.25) is 0 Å². The molecule has 0 radical (unpaired) electrons. The van der Waals surface area contributed by atoms with Gasteiger partial charge < -0.3 is 5.32 Å². The second kappa shape index (κ2) is 4.96. The van der Waals surface area contributed by atoms with E-state index >= 15 is 0 Å². The van der Waals surface area contributed by atoms with Gasteiger partial charge in [-0.15, -0.1) is 11.6 Å². The van der Waals surface area contributed by atoms with Crippen LogP contribution in [0.5, 0.6) is 0 Å². The average Bonchev–Trinajstić information content (AvgIpc) is 2.16. The molecule has 1 amide bonds. The van der Waals surface area contributed by atoms with E-state index in [1.807, 2.05) is 0 Å². The molecule has 14 heavy (non-hydrogen) atoms. The Bertz CT molecular complexity index is 328. The summed E-state index contributed by atoms with van der Waals surface area (Å²) in [5, 5.41) is 1.93. The summed E-state index contributed by atoms with van der Waals surface area (Å²) >= 11 is 5.53. The van der Waals surface area contributed by atoms with Gasteiger partial charge >= 0.3 is 0 Å². The maximum absolute atomic E-state index is 13.1. The monoisotopic (exact) mass is 215 g/mol. The Hall–Kier alpha value is -1.09. The van der Waals surface area contributed by atoms with Crippen LogP contribution in [0.3, 0.4) is 0 Å². The van der Waals surface area contributed by atoms with E-state index < -0.39 is 5.38 Å². The number of alkyl halides is 1. The highest BCUT2D eigenvalue weighted by atomic mass is 35.5. The molecule has 4 heteroatoms. The van der Waals surface area contributed by atoms with E-state index in [-0.39, 0.29) is 18.3 Å². The van der Waals surface area contributed by atoms with Crippen molar-refractivity contribution >= 4 is 17.5 Å². The fourth-order valence-corrected chi connectivity index (χ4v) is 1.04. The maximum Gasteiger partial charge on any atom is 0.238 e. The molecule has 0 aromatic heterocycles. The Morgan fingerprint density at radius 3 is 2.79 bits per heavy atom. The zero-order valence-electron chi connectivity index (χ0n) is 7.76. The Morgan fingerprint density at radius 1 is 1.57 bits per heavy atom. The van der Waals surface area contributed by atoms with Gasteiger partial charge in [-0.25, -0.2) is 4.39 Å². The second-order valence-corrected chi connectivity index (χ2v) is 3.58. The van der Waals surface area contributed by atoms with Crippen molar-refractivity contribution in [1.29, 1.82) is 0 Å². The summed E-state index contributed by atoms with van der Waals surface area (Å²) in [4.78, 5) is 11.1. The van der Waals surface area contributed by atoms with Gasteiger partial charge in [0, 0.05) is 12.1 Å². The summed E-state index contributed by atoms with van der Waals surface area (Å²) < 4.78 is 13.1. The zero-order valence-corrected chi connectivity index (χ0v) is 8.51. The Kier molecular flexibility index (Phi) is 3.89. The first-order valence-electron chi connectivity index (χ1n) is 4.26. The molecule has 76 valence electrons. The van der Waals surface area contributed by atoms with Crippen LogP contribution >= 0.6 is 11.6 Å². The third-order valence-electron chi connectivity index (χ3n) is 1.77. The minimum atomic E-state index is -0.596. The normalized spacial score (nSPS) is 12.2. The van der Waals surface area contributed by atoms with E-state index in [4.69, 9.17) is 11.6 Å². The van der Waals surface area contributed by atoms with Crippen LogP contribution in [0, 0.1) is 5.82 Å². The third-order valence-corrected chi connectivity index (χ3v) is 1.97. The topological polar surface area (TPSA) is 29.1 Å². The molecular formula is C10H11ClFNO. The molecule has 0 bridgehead atoms. The molecule has 1 rings (SSSR count). The Morgan fingerprint density at radius 2 is 2.21 bits per heavy atom. The molecule has 2 nitrogen and oxygen atoms in total. The first-order chi connectivity index (χ1) is 6.61. The minimum Gasteiger partial charge on any atom is -0.351 e. The van der Waals surface area contributed by atoms with E-state index in [1.54, 1.807) is 25.1 Å². The predicted octanol–water partition coefficient (Wildman–Crippen LogP) is 2.07. The molecule has 0 saturated carbocycles. The minimum absolute atomic E-state index is 0.169. The van der Waals surface area contributed by atoms with Crippen LogP contribution in [-0.4, -0.2) is 11.3 Å². The highest BCUT2D eigenvalue weighted by Crippen LogP contribution is 2.05. The highest BCUT2D eigenvalue weighted by Gasteiger charge is 2.08. The number of nitrogens with one attached hydrogen (secondary N) is 1. The van der Waals surface area contributed by atoms with Crippen molar-refractivity contribution in [3.8, 4) is 0 Å². The number of rotatable bonds is 3. The van der Waals surface area contributed by atoms with Gasteiger partial charge in [0.05, 0.1) is 0 Å². The third kappa shape index (κ3) is 3.00. The van der Waals surface area contributed by atoms with Crippen LogP contribution in [0.15, 0.2) is 24.3 Å². The number of benzene rings is 1. The van der Waals surface area contributed by atoms with Crippen molar-refractivity contribution in [2.24, 2.45) is 0 Å².